The second-order valence-electron chi connectivity index (χ2n) is 11.2. The summed E-state index contributed by atoms with van der Waals surface area (Å²) in [7, 11) is 1.99. The van der Waals surface area contributed by atoms with Gasteiger partial charge in [-0.25, -0.2) is 4.98 Å². The number of fused-ring (bicyclic) bond motifs is 3. The van der Waals surface area contributed by atoms with E-state index in [-0.39, 0.29) is 0 Å². The molecule has 208 valence electrons. The van der Waals surface area contributed by atoms with Gasteiger partial charge in [0.2, 0.25) is 0 Å². The molecule has 1 aromatic carbocycles. The maximum absolute atomic E-state index is 13.7. The van der Waals surface area contributed by atoms with Crippen molar-refractivity contribution >= 4 is 28.5 Å². The Hall–Kier alpha value is -4.04. The maximum Gasteiger partial charge on any atom is 0.416 e. The van der Waals surface area contributed by atoms with E-state index in [4.69, 9.17) is 9.97 Å². The van der Waals surface area contributed by atoms with Gasteiger partial charge in [-0.05, 0) is 112 Å². The highest BCUT2D eigenvalue weighted by Gasteiger charge is 2.38. The van der Waals surface area contributed by atoms with Crippen LogP contribution in [0.3, 0.4) is 0 Å². The van der Waals surface area contributed by atoms with Crippen LogP contribution in [0.4, 0.5) is 24.5 Å². The molecular formula is C33H30F3N5. The number of nitrogens with one attached hydrogen (secondary N) is 1. The fourth-order valence-corrected chi connectivity index (χ4v) is 5.88. The minimum absolute atomic E-state index is 0.458. The Bertz CT molecular complexity index is 1680. The van der Waals surface area contributed by atoms with Crippen molar-refractivity contribution in [3.63, 3.8) is 0 Å². The molecule has 0 bridgehead atoms. The van der Waals surface area contributed by atoms with Crippen LogP contribution in [0, 0.1) is 5.92 Å². The summed E-state index contributed by atoms with van der Waals surface area (Å²) in [6.45, 7) is 1.04. The van der Waals surface area contributed by atoms with E-state index in [1.54, 1.807) is 12.3 Å². The van der Waals surface area contributed by atoms with Crippen molar-refractivity contribution in [2.75, 3.05) is 18.5 Å². The summed E-state index contributed by atoms with van der Waals surface area (Å²) >= 11 is 0. The fraction of sp³-hybridized carbons (Fsp3) is 0.303. The number of halogens is 3. The number of hydrogen-bond acceptors (Lipinski definition) is 5. The number of hydrogen-bond donors (Lipinski definition) is 1. The van der Waals surface area contributed by atoms with Crippen LogP contribution >= 0.6 is 0 Å². The van der Waals surface area contributed by atoms with Crippen LogP contribution < -0.4 is 10.2 Å². The molecule has 1 aliphatic heterocycles. The van der Waals surface area contributed by atoms with Gasteiger partial charge in [-0.2, -0.15) is 13.2 Å². The van der Waals surface area contributed by atoms with Crippen molar-refractivity contribution in [3.8, 4) is 11.3 Å². The molecular weight excluding hydrogens is 523 g/mol. The zero-order chi connectivity index (χ0) is 28.1. The molecule has 2 fully saturated rings. The van der Waals surface area contributed by atoms with E-state index < -0.39 is 11.7 Å². The van der Waals surface area contributed by atoms with Crippen molar-refractivity contribution in [1.82, 2.24) is 20.3 Å². The standard InChI is InChI=1S/C33H30F3N5/c1-37-15-3-4-21-16-26(21)28-11-9-22(18-38-28)27-12-13-29-31(40-27)32-23(19-39-29)10-14-30(20-7-8-20)41(32)25-6-2-5-24(17-25)33(34,35)36/h2,5-6,9-14,17-19,21,26,37H,3-4,7-8,15-16H2,1H3. The van der Waals surface area contributed by atoms with Crippen LogP contribution in [0.2, 0.25) is 0 Å². The first-order chi connectivity index (χ1) is 19.9. The van der Waals surface area contributed by atoms with E-state index in [9.17, 15) is 13.2 Å². The molecule has 3 aliphatic rings. The van der Waals surface area contributed by atoms with Crippen molar-refractivity contribution in [2.45, 2.75) is 44.2 Å². The first-order valence-corrected chi connectivity index (χ1v) is 14.2. The van der Waals surface area contributed by atoms with Crippen molar-refractivity contribution in [3.05, 3.63) is 95.1 Å². The number of anilines is 2. The summed E-state index contributed by atoms with van der Waals surface area (Å²) in [5.74, 6) is 1.24. The first-order valence-electron chi connectivity index (χ1n) is 14.2. The second-order valence-corrected chi connectivity index (χ2v) is 11.2. The van der Waals surface area contributed by atoms with Gasteiger partial charge in [0.15, 0.2) is 0 Å². The number of nitrogens with zero attached hydrogens (tertiary/aromatic N) is 4. The summed E-state index contributed by atoms with van der Waals surface area (Å²) in [6.07, 6.45) is 8.64. The van der Waals surface area contributed by atoms with Gasteiger partial charge in [-0.1, -0.05) is 6.07 Å². The number of benzene rings is 1. The molecule has 4 aromatic rings. The third kappa shape index (κ3) is 5.01. The number of pyridine rings is 3. The lowest BCUT2D eigenvalue weighted by Crippen LogP contribution is -2.20. The van der Waals surface area contributed by atoms with Crippen LogP contribution in [0.1, 0.15) is 54.8 Å². The Morgan fingerprint density at radius 2 is 1.88 bits per heavy atom. The van der Waals surface area contributed by atoms with E-state index in [2.05, 4.69) is 22.4 Å². The van der Waals surface area contributed by atoms with Crippen LogP contribution in [-0.2, 0) is 6.18 Å². The molecule has 0 radical (unpaired) electrons. The smallest absolute Gasteiger partial charge is 0.320 e. The molecule has 7 rings (SSSR count). The molecule has 0 amide bonds. The van der Waals surface area contributed by atoms with Crippen LogP contribution in [0.25, 0.3) is 28.4 Å². The monoisotopic (exact) mass is 553 g/mol. The topological polar surface area (TPSA) is 53.9 Å². The molecule has 3 aromatic heterocycles. The Labute approximate surface area is 236 Å². The molecule has 2 unspecified atom stereocenters. The minimum Gasteiger partial charge on any atom is -0.320 e. The van der Waals surface area contributed by atoms with Gasteiger partial charge in [0, 0.05) is 46.5 Å². The Kier molecular flexibility index (Phi) is 6.38. The SMILES string of the molecule is CNCCCC1CC1c1ccc(-c2ccc3ncc4c(c3n2)N(c2cccc(C(F)(F)F)c2)C(=C2CC2)C=C4)cn1. The Morgan fingerprint density at radius 1 is 1.00 bits per heavy atom. The van der Waals surface area contributed by atoms with E-state index in [1.807, 2.05) is 42.4 Å². The zero-order valence-corrected chi connectivity index (χ0v) is 22.7. The summed E-state index contributed by atoms with van der Waals surface area (Å²) in [4.78, 5) is 16.4. The van der Waals surface area contributed by atoms with Gasteiger partial charge in [-0.3, -0.25) is 9.97 Å². The molecule has 0 spiro atoms. The van der Waals surface area contributed by atoms with Gasteiger partial charge >= 0.3 is 6.18 Å². The first kappa shape index (κ1) is 25.9. The molecule has 4 heterocycles. The van der Waals surface area contributed by atoms with Gasteiger partial charge in [0.25, 0.3) is 0 Å². The molecule has 1 N–H and O–H groups in total. The summed E-state index contributed by atoms with van der Waals surface area (Å²) in [5, 5.41) is 3.21. The average Bonchev–Trinajstić information content (AvgIpc) is 3.92. The van der Waals surface area contributed by atoms with Crippen molar-refractivity contribution in [1.29, 1.82) is 0 Å². The molecule has 2 atom stereocenters. The lowest BCUT2D eigenvalue weighted by Gasteiger charge is -2.31. The molecule has 41 heavy (non-hydrogen) atoms. The quantitative estimate of drug-likeness (QED) is 0.235. The molecule has 2 aliphatic carbocycles. The third-order valence-electron chi connectivity index (χ3n) is 8.28. The van der Waals surface area contributed by atoms with Gasteiger partial charge < -0.3 is 10.2 Å². The molecule has 8 heteroatoms. The normalized spacial score (nSPS) is 19.6. The third-order valence-corrected chi connectivity index (χ3v) is 8.28. The Balaban J connectivity index is 1.27. The highest BCUT2D eigenvalue weighted by atomic mass is 19.4. The van der Waals surface area contributed by atoms with E-state index >= 15 is 0 Å². The number of rotatable bonds is 7. The lowest BCUT2D eigenvalue weighted by molar-refractivity contribution is -0.137. The molecule has 5 nitrogen and oxygen atoms in total. The average molecular weight is 554 g/mol. The summed E-state index contributed by atoms with van der Waals surface area (Å²) < 4.78 is 41.1. The van der Waals surface area contributed by atoms with E-state index in [0.717, 1.165) is 59.4 Å². The van der Waals surface area contributed by atoms with Crippen molar-refractivity contribution in [2.24, 2.45) is 5.92 Å². The Morgan fingerprint density at radius 3 is 2.63 bits per heavy atom. The summed E-state index contributed by atoms with van der Waals surface area (Å²) in [6, 6.07) is 13.6. The number of aromatic nitrogens is 3. The van der Waals surface area contributed by atoms with E-state index in [0.29, 0.717) is 28.6 Å². The number of alkyl halides is 3. The predicted octanol–water partition coefficient (Wildman–Crippen LogP) is 8.03. The number of allylic oxidation sites excluding steroid dienone is 2. The highest BCUT2D eigenvalue weighted by Crippen LogP contribution is 2.50. The molecule has 0 saturated heterocycles. The highest BCUT2D eigenvalue weighted by molar-refractivity contribution is 6.00. The van der Waals surface area contributed by atoms with Gasteiger partial charge in [0.1, 0.15) is 5.52 Å². The fourth-order valence-electron chi connectivity index (χ4n) is 5.88. The van der Waals surface area contributed by atoms with Crippen LogP contribution in [0.15, 0.2) is 78.3 Å². The zero-order valence-electron chi connectivity index (χ0n) is 22.7. The maximum atomic E-state index is 13.7. The second kappa shape index (κ2) is 10.1. The van der Waals surface area contributed by atoms with E-state index in [1.165, 1.54) is 37.0 Å². The van der Waals surface area contributed by atoms with Gasteiger partial charge in [0.05, 0.1) is 22.5 Å². The predicted molar refractivity (Wildman–Crippen MR) is 156 cm³/mol. The largest absolute Gasteiger partial charge is 0.416 e. The summed E-state index contributed by atoms with van der Waals surface area (Å²) in [5.41, 5.74) is 7.60. The van der Waals surface area contributed by atoms with Crippen molar-refractivity contribution < 1.29 is 13.2 Å². The van der Waals surface area contributed by atoms with Gasteiger partial charge in [-0.15, -0.1) is 0 Å². The minimum atomic E-state index is -4.44. The van der Waals surface area contributed by atoms with Crippen LogP contribution in [-0.4, -0.2) is 28.5 Å². The van der Waals surface area contributed by atoms with Crippen LogP contribution in [0.5, 0.6) is 0 Å². The lowest BCUT2D eigenvalue weighted by atomic mass is 10.0. The molecule has 2 saturated carbocycles.